The lowest BCUT2D eigenvalue weighted by molar-refractivity contribution is 0.0660. The molecule has 0 bridgehead atoms. The predicted octanol–water partition coefficient (Wildman–Crippen LogP) is 1.48. The topological polar surface area (TPSA) is 78.6 Å². The highest BCUT2D eigenvalue weighted by Gasteiger charge is 2.16. The minimum absolute atomic E-state index is 0.0867. The Labute approximate surface area is 108 Å². The number of rotatable bonds is 6. The van der Waals surface area contributed by atoms with Crippen LogP contribution in [0.25, 0.3) is 0 Å². The number of benzene rings is 1. The van der Waals surface area contributed by atoms with E-state index in [0.717, 1.165) is 6.26 Å². The zero-order valence-corrected chi connectivity index (χ0v) is 11.7. The van der Waals surface area contributed by atoms with Crippen LogP contribution in [-0.2, 0) is 14.6 Å². The van der Waals surface area contributed by atoms with Gasteiger partial charge in [-0.15, -0.1) is 0 Å². The summed E-state index contributed by atoms with van der Waals surface area (Å²) < 4.78 is 33.8. The van der Waals surface area contributed by atoms with E-state index in [0.29, 0.717) is 19.0 Å². The molecule has 0 spiro atoms. The summed E-state index contributed by atoms with van der Waals surface area (Å²) in [6.07, 6.45) is 0.925. The molecule has 0 aromatic heterocycles. The van der Waals surface area contributed by atoms with Crippen LogP contribution in [0.1, 0.15) is 13.8 Å². The maximum atomic E-state index is 11.5. The largest absolute Gasteiger partial charge is 0.486 e. The number of nitrogen functional groups attached to an aromatic ring is 1. The van der Waals surface area contributed by atoms with Gasteiger partial charge in [0.1, 0.15) is 11.9 Å². The molecule has 1 rings (SSSR count). The lowest BCUT2D eigenvalue weighted by Gasteiger charge is -2.17. The monoisotopic (exact) mass is 273 g/mol. The van der Waals surface area contributed by atoms with Gasteiger partial charge in [-0.05, 0) is 26.0 Å². The first kappa shape index (κ1) is 14.8. The molecule has 0 aliphatic carbocycles. The molecule has 0 aliphatic heterocycles. The average Bonchev–Trinajstić information content (AvgIpc) is 2.27. The molecule has 102 valence electrons. The lowest BCUT2D eigenvalue weighted by Crippen LogP contribution is -2.20. The number of sulfone groups is 1. The SMILES string of the molecule is CCOCC(C)Oc1cccc(S(C)(=O)=O)c1N. The first-order chi connectivity index (χ1) is 8.36. The lowest BCUT2D eigenvalue weighted by atomic mass is 10.3. The minimum atomic E-state index is -3.34. The first-order valence-corrected chi connectivity index (χ1v) is 7.58. The summed E-state index contributed by atoms with van der Waals surface area (Å²) in [5, 5.41) is 0. The van der Waals surface area contributed by atoms with Crippen molar-refractivity contribution in [1.82, 2.24) is 0 Å². The van der Waals surface area contributed by atoms with Crippen LogP contribution < -0.4 is 10.5 Å². The van der Waals surface area contributed by atoms with E-state index in [-0.39, 0.29) is 16.7 Å². The van der Waals surface area contributed by atoms with Crippen molar-refractivity contribution in [2.45, 2.75) is 24.8 Å². The van der Waals surface area contributed by atoms with Crippen LogP contribution in [0.2, 0.25) is 0 Å². The third-order valence-electron chi connectivity index (χ3n) is 2.31. The zero-order chi connectivity index (χ0) is 13.8. The number of ether oxygens (including phenoxy) is 2. The molecule has 1 aromatic rings. The summed E-state index contributed by atoms with van der Waals surface area (Å²) in [6.45, 7) is 4.76. The van der Waals surface area contributed by atoms with Crippen LogP contribution in [0, 0.1) is 0 Å². The van der Waals surface area contributed by atoms with E-state index in [9.17, 15) is 8.42 Å². The highest BCUT2D eigenvalue weighted by atomic mass is 32.2. The minimum Gasteiger partial charge on any atom is -0.486 e. The number of anilines is 1. The molecule has 0 radical (unpaired) electrons. The molecule has 1 unspecified atom stereocenters. The second-order valence-corrected chi connectivity index (χ2v) is 6.01. The summed E-state index contributed by atoms with van der Waals surface area (Å²) in [5.74, 6) is 0.366. The third-order valence-corrected chi connectivity index (χ3v) is 3.47. The predicted molar refractivity (Wildman–Crippen MR) is 70.5 cm³/mol. The van der Waals surface area contributed by atoms with Gasteiger partial charge in [0.15, 0.2) is 9.84 Å². The molecule has 1 atom stereocenters. The van der Waals surface area contributed by atoms with Crippen molar-refractivity contribution in [3.8, 4) is 5.75 Å². The van der Waals surface area contributed by atoms with Crippen LogP contribution in [0.3, 0.4) is 0 Å². The quantitative estimate of drug-likeness (QED) is 0.794. The van der Waals surface area contributed by atoms with Crippen LogP contribution in [-0.4, -0.2) is 34.0 Å². The molecule has 0 fully saturated rings. The Kier molecular flexibility index (Phi) is 4.98. The number of hydrogen-bond donors (Lipinski definition) is 1. The Morgan fingerprint density at radius 2 is 2.06 bits per heavy atom. The molecule has 2 N–H and O–H groups in total. The third kappa shape index (κ3) is 3.89. The Hall–Kier alpha value is -1.27. The Morgan fingerprint density at radius 1 is 1.39 bits per heavy atom. The number of para-hydroxylation sites is 1. The van der Waals surface area contributed by atoms with Crippen LogP contribution >= 0.6 is 0 Å². The van der Waals surface area contributed by atoms with E-state index >= 15 is 0 Å². The molecule has 0 amide bonds. The number of hydrogen-bond acceptors (Lipinski definition) is 5. The van der Waals surface area contributed by atoms with Crippen molar-refractivity contribution in [2.75, 3.05) is 25.2 Å². The van der Waals surface area contributed by atoms with Gasteiger partial charge in [-0.1, -0.05) is 6.07 Å². The second-order valence-electron chi connectivity index (χ2n) is 4.03. The highest BCUT2D eigenvalue weighted by Crippen LogP contribution is 2.29. The van der Waals surface area contributed by atoms with Crippen molar-refractivity contribution in [3.63, 3.8) is 0 Å². The van der Waals surface area contributed by atoms with Gasteiger partial charge in [0, 0.05) is 12.9 Å². The average molecular weight is 273 g/mol. The standard InChI is InChI=1S/C12H19NO4S/c1-4-16-8-9(2)17-10-6-5-7-11(12(10)13)18(3,14)15/h5-7,9H,4,8,13H2,1-3H3. The van der Waals surface area contributed by atoms with Gasteiger partial charge in [0.05, 0.1) is 17.2 Å². The van der Waals surface area contributed by atoms with Crippen LogP contribution in [0.4, 0.5) is 5.69 Å². The fourth-order valence-electron chi connectivity index (χ4n) is 1.48. The highest BCUT2D eigenvalue weighted by molar-refractivity contribution is 7.90. The molecule has 6 heteroatoms. The van der Waals surface area contributed by atoms with Gasteiger partial charge < -0.3 is 15.2 Å². The first-order valence-electron chi connectivity index (χ1n) is 5.69. The summed E-state index contributed by atoms with van der Waals surface area (Å²) in [4.78, 5) is 0.0867. The molecular weight excluding hydrogens is 254 g/mol. The maximum Gasteiger partial charge on any atom is 0.177 e. The summed E-state index contributed by atoms with van der Waals surface area (Å²) in [5.41, 5.74) is 5.94. The van der Waals surface area contributed by atoms with E-state index in [1.807, 2.05) is 13.8 Å². The molecule has 18 heavy (non-hydrogen) atoms. The van der Waals surface area contributed by atoms with Gasteiger partial charge in [-0.2, -0.15) is 0 Å². The Bertz CT molecular complexity index is 499. The zero-order valence-electron chi connectivity index (χ0n) is 10.8. The molecule has 0 saturated carbocycles. The smallest absolute Gasteiger partial charge is 0.177 e. The van der Waals surface area contributed by atoms with Crippen LogP contribution in [0.5, 0.6) is 5.75 Å². The van der Waals surface area contributed by atoms with Crippen molar-refractivity contribution in [2.24, 2.45) is 0 Å². The normalized spacial score (nSPS) is 13.3. The second kappa shape index (κ2) is 6.06. The Balaban J connectivity index is 2.91. The van der Waals surface area contributed by atoms with E-state index in [2.05, 4.69) is 0 Å². The molecule has 0 saturated heterocycles. The van der Waals surface area contributed by atoms with Gasteiger partial charge in [0.2, 0.25) is 0 Å². The molecule has 5 nitrogen and oxygen atoms in total. The summed E-state index contributed by atoms with van der Waals surface area (Å²) in [7, 11) is -3.34. The molecular formula is C12H19NO4S. The van der Waals surface area contributed by atoms with Gasteiger partial charge in [0.25, 0.3) is 0 Å². The van der Waals surface area contributed by atoms with Crippen LogP contribution in [0.15, 0.2) is 23.1 Å². The fourth-order valence-corrected chi connectivity index (χ4v) is 2.31. The van der Waals surface area contributed by atoms with E-state index in [1.54, 1.807) is 12.1 Å². The van der Waals surface area contributed by atoms with E-state index in [1.165, 1.54) is 6.07 Å². The van der Waals surface area contributed by atoms with Crippen molar-refractivity contribution in [3.05, 3.63) is 18.2 Å². The van der Waals surface area contributed by atoms with Crippen molar-refractivity contribution >= 4 is 15.5 Å². The van der Waals surface area contributed by atoms with Gasteiger partial charge in [-0.25, -0.2) is 8.42 Å². The fraction of sp³-hybridized carbons (Fsp3) is 0.500. The van der Waals surface area contributed by atoms with E-state index < -0.39 is 9.84 Å². The summed E-state index contributed by atoms with van der Waals surface area (Å²) in [6, 6.07) is 4.71. The number of nitrogens with two attached hydrogens (primary N) is 1. The molecule has 1 aromatic carbocycles. The Morgan fingerprint density at radius 3 is 2.61 bits per heavy atom. The van der Waals surface area contributed by atoms with Crippen molar-refractivity contribution in [1.29, 1.82) is 0 Å². The van der Waals surface area contributed by atoms with Gasteiger partial charge in [-0.3, -0.25) is 0 Å². The van der Waals surface area contributed by atoms with Gasteiger partial charge >= 0.3 is 0 Å². The van der Waals surface area contributed by atoms with E-state index in [4.69, 9.17) is 15.2 Å². The van der Waals surface area contributed by atoms with Crippen molar-refractivity contribution < 1.29 is 17.9 Å². The molecule has 0 heterocycles. The maximum absolute atomic E-state index is 11.5. The molecule has 0 aliphatic rings. The summed E-state index contributed by atoms with van der Waals surface area (Å²) >= 11 is 0.